The molecule has 1 saturated heterocycles. The Morgan fingerprint density at radius 1 is 1.25 bits per heavy atom. The highest BCUT2D eigenvalue weighted by molar-refractivity contribution is 6.42. The first kappa shape index (κ1) is 22.2. The van der Waals surface area contributed by atoms with Crippen molar-refractivity contribution in [1.29, 1.82) is 5.41 Å². The number of fused-ring (bicyclic) bond motifs is 1. The SMILES string of the molecule is COc1cc2c(Nc3ccc(Cl)c(Cl)c3)ncnc2cc1OCC1CN(C(=N)N)CCO1. The van der Waals surface area contributed by atoms with Gasteiger partial charge >= 0.3 is 0 Å². The number of benzene rings is 2. The van der Waals surface area contributed by atoms with E-state index < -0.39 is 0 Å². The highest BCUT2D eigenvalue weighted by Gasteiger charge is 2.22. The summed E-state index contributed by atoms with van der Waals surface area (Å²) in [6, 6.07) is 8.85. The van der Waals surface area contributed by atoms with Gasteiger partial charge in [-0.05, 0) is 24.3 Å². The van der Waals surface area contributed by atoms with Crippen LogP contribution in [0.3, 0.4) is 0 Å². The number of morpholine rings is 1. The lowest BCUT2D eigenvalue weighted by atomic mass is 10.2. The minimum atomic E-state index is -0.217. The number of aromatic nitrogens is 2. The molecule has 1 unspecified atom stereocenters. The fourth-order valence-electron chi connectivity index (χ4n) is 3.37. The van der Waals surface area contributed by atoms with Crippen LogP contribution in [0.2, 0.25) is 10.0 Å². The fraction of sp³-hybridized carbons (Fsp3) is 0.286. The average Bonchev–Trinajstić information content (AvgIpc) is 2.80. The summed E-state index contributed by atoms with van der Waals surface area (Å²) in [7, 11) is 1.57. The van der Waals surface area contributed by atoms with Crippen molar-refractivity contribution < 1.29 is 14.2 Å². The number of guanidine groups is 1. The predicted octanol–water partition coefficient (Wildman–Crippen LogP) is 3.66. The van der Waals surface area contributed by atoms with Crippen LogP contribution in [0.15, 0.2) is 36.7 Å². The molecule has 9 nitrogen and oxygen atoms in total. The Morgan fingerprint density at radius 3 is 2.84 bits per heavy atom. The smallest absolute Gasteiger partial charge is 0.188 e. The number of anilines is 2. The summed E-state index contributed by atoms with van der Waals surface area (Å²) in [6.45, 7) is 1.85. The maximum Gasteiger partial charge on any atom is 0.188 e. The summed E-state index contributed by atoms with van der Waals surface area (Å²) in [5.74, 6) is 1.68. The summed E-state index contributed by atoms with van der Waals surface area (Å²) >= 11 is 12.1. The monoisotopic (exact) mass is 476 g/mol. The van der Waals surface area contributed by atoms with E-state index in [4.69, 9.17) is 48.6 Å². The molecule has 1 aliphatic rings. The number of hydrogen-bond acceptors (Lipinski definition) is 7. The van der Waals surface area contributed by atoms with Crippen LogP contribution < -0.4 is 20.5 Å². The van der Waals surface area contributed by atoms with Crippen molar-refractivity contribution in [1.82, 2.24) is 14.9 Å². The lowest BCUT2D eigenvalue weighted by Gasteiger charge is -2.33. The molecule has 0 spiro atoms. The Hall–Kier alpha value is -3.01. The zero-order valence-corrected chi connectivity index (χ0v) is 18.8. The Labute approximate surface area is 194 Å². The van der Waals surface area contributed by atoms with Gasteiger partial charge in [0.1, 0.15) is 24.9 Å². The molecule has 4 rings (SSSR count). The minimum absolute atomic E-state index is 0.0280. The molecule has 1 aliphatic heterocycles. The maximum absolute atomic E-state index is 7.61. The van der Waals surface area contributed by atoms with Crippen LogP contribution in [-0.2, 0) is 4.74 Å². The second-order valence-corrected chi connectivity index (χ2v) is 7.95. The van der Waals surface area contributed by atoms with Crippen molar-refractivity contribution in [3.63, 3.8) is 0 Å². The molecule has 32 heavy (non-hydrogen) atoms. The number of ether oxygens (including phenoxy) is 3. The molecular formula is C21H22Cl2N6O3. The van der Waals surface area contributed by atoms with Gasteiger partial charge in [0.25, 0.3) is 0 Å². The second kappa shape index (κ2) is 9.64. The van der Waals surface area contributed by atoms with Gasteiger partial charge in [-0.1, -0.05) is 23.2 Å². The number of nitrogens with zero attached hydrogens (tertiary/aromatic N) is 3. The van der Waals surface area contributed by atoms with Crippen LogP contribution >= 0.6 is 23.2 Å². The van der Waals surface area contributed by atoms with Crippen LogP contribution in [0, 0.1) is 5.41 Å². The summed E-state index contributed by atoms with van der Waals surface area (Å²) < 4.78 is 17.3. The molecular weight excluding hydrogens is 455 g/mol. The molecule has 1 aromatic heterocycles. The molecule has 0 aliphatic carbocycles. The molecule has 168 valence electrons. The van der Waals surface area contributed by atoms with Gasteiger partial charge in [0, 0.05) is 23.7 Å². The van der Waals surface area contributed by atoms with Crippen molar-refractivity contribution in [2.45, 2.75) is 6.10 Å². The Balaban J connectivity index is 1.56. The third kappa shape index (κ3) is 4.90. The van der Waals surface area contributed by atoms with Crippen molar-refractivity contribution in [2.24, 2.45) is 5.73 Å². The number of nitrogens with one attached hydrogen (secondary N) is 2. The number of hydrogen-bond donors (Lipinski definition) is 3. The van der Waals surface area contributed by atoms with E-state index in [-0.39, 0.29) is 18.7 Å². The average molecular weight is 477 g/mol. The Bertz CT molecular complexity index is 1150. The quantitative estimate of drug-likeness (QED) is 0.364. The van der Waals surface area contributed by atoms with Gasteiger partial charge in [-0.3, -0.25) is 5.41 Å². The summed E-state index contributed by atoms with van der Waals surface area (Å²) in [6.07, 6.45) is 1.25. The zero-order chi connectivity index (χ0) is 22.7. The van der Waals surface area contributed by atoms with Crippen molar-refractivity contribution in [3.05, 3.63) is 46.7 Å². The number of methoxy groups -OCH3 is 1. The molecule has 2 aromatic carbocycles. The van der Waals surface area contributed by atoms with Gasteiger partial charge in [0.2, 0.25) is 0 Å². The molecule has 1 atom stereocenters. The molecule has 0 bridgehead atoms. The molecule has 0 radical (unpaired) electrons. The van der Waals surface area contributed by atoms with E-state index in [0.29, 0.717) is 52.6 Å². The van der Waals surface area contributed by atoms with Crippen LogP contribution in [0.25, 0.3) is 10.9 Å². The first-order valence-corrected chi connectivity index (χ1v) is 10.6. The van der Waals surface area contributed by atoms with Crippen LogP contribution in [0.4, 0.5) is 11.5 Å². The standard InChI is InChI=1S/C21H22Cl2N6O3/c1-30-18-7-14-17(8-19(18)32-10-13-9-29(21(24)25)4-5-31-13)26-11-27-20(14)28-12-2-3-15(22)16(23)6-12/h2-3,6-8,11,13H,4-5,9-10H2,1H3,(H3,24,25)(H,26,27,28). The lowest BCUT2D eigenvalue weighted by molar-refractivity contribution is -0.0294. The van der Waals surface area contributed by atoms with Crippen molar-refractivity contribution >= 4 is 51.6 Å². The number of halogens is 2. The molecule has 11 heteroatoms. The van der Waals surface area contributed by atoms with Crippen molar-refractivity contribution in [2.75, 3.05) is 38.7 Å². The Kier molecular flexibility index (Phi) is 6.69. The van der Waals surface area contributed by atoms with Gasteiger partial charge in [-0.2, -0.15) is 0 Å². The summed E-state index contributed by atoms with van der Waals surface area (Å²) in [5, 5.41) is 12.5. The second-order valence-electron chi connectivity index (χ2n) is 7.13. The van der Waals surface area contributed by atoms with E-state index in [2.05, 4.69) is 15.3 Å². The zero-order valence-electron chi connectivity index (χ0n) is 17.3. The third-order valence-corrected chi connectivity index (χ3v) is 5.75. The molecule has 1 fully saturated rings. The van der Waals surface area contributed by atoms with Gasteiger partial charge in [0.05, 0.1) is 35.8 Å². The van der Waals surface area contributed by atoms with E-state index in [1.54, 1.807) is 30.2 Å². The van der Waals surface area contributed by atoms with E-state index in [1.807, 2.05) is 12.1 Å². The van der Waals surface area contributed by atoms with Gasteiger partial charge in [-0.25, -0.2) is 9.97 Å². The largest absolute Gasteiger partial charge is 0.493 e. The molecule has 4 N–H and O–H groups in total. The normalized spacial score (nSPS) is 16.1. The van der Waals surface area contributed by atoms with Crippen LogP contribution in [0.1, 0.15) is 0 Å². The maximum atomic E-state index is 7.61. The summed E-state index contributed by atoms with van der Waals surface area (Å²) in [5.41, 5.74) is 7.00. The number of rotatable bonds is 6. The third-order valence-electron chi connectivity index (χ3n) is 5.01. The van der Waals surface area contributed by atoms with E-state index in [0.717, 1.165) is 11.1 Å². The Morgan fingerprint density at radius 2 is 2.09 bits per heavy atom. The van der Waals surface area contributed by atoms with Gasteiger partial charge in [0.15, 0.2) is 17.5 Å². The van der Waals surface area contributed by atoms with Crippen LogP contribution in [-0.4, -0.2) is 60.3 Å². The molecule has 0 saturated carbocycles. The lowest BCUT2D eigenvalue weighted by Crippen LogP contribution is -2.49. The highest BCUT2D eigenvalue weighted by atomic mass is 35.5. The minimum Gasteiger partial charge on any atom is -0.493 e. The van der Waals surface area contributed by atoms with E-state index in [1.165, 1.54) is 6.33 Å². The fourth-order valence-corrected chi connectivity index (χ4v) is 3.67. The van der Waals surface area contributed by atoms with Gasteiger partial charge in [-0.15, -0.1) is 0 Å². The van der Waals surface area contributed by atoms with Crippen LogP contribution in [0.5, 0.6) is 11.5 Å². The van der Waals surface area contributed by atoms with E-state index >= 15 is 0 Å². The molecule has 3 aromatic rings. The van der Waals surface area contributed by atoms with Gasteiger partial charge < -0.3 is 30.2 Å². The molecule has 0 amide bonds. The molecule has 2 heterocycles. The van der Waals surface area contributed by atoms with Crippen molar-refractivity contribution in [3.8, 4) is 11.5 Å². The van der Waals surface area contributed by atoms with E-state index in [9.17, 15) is 0 Å². The highest BCUT2D eigenvalue weighted by Crippen LogP contribution is 2.35. The number of nitrogens with two attached hydrogens (primary N) is 1. The first-order chi connectivity index (χ1) is 15.4. The topological polar surface area (TPSA) is 119 Å². The first-order valence-electron chi connectivity index (χ1n) is 9.83. The summed E-state index contributed by atoms with van der Waals surface area (Å²) in [4.78, 5) is 10.5. The predicted molar refractivity (Wildman–Crippen MR) is 125 cm³/mol.